The number of pyridine rings is 1. The maximum atomic E-state index is 6.02. The van der Waals surface area contributed by atoms with Crippen LogP contribution in [0.5, 0.6) is 0 Å². The van der Waals surface area contributed by atoms with Crippen molar-refractivity contribution in [1.29, 1.82) is 0 Å². The van der Waals surface area contributed by atoms with E-state index in [2.05, 4.69) is 38.0 Å². The summed E-state index contributed by atoms with van der Waals surface area (Å²) in [4.78, 5) is 4.18. The first-order valence-corrected chi connectivity index (χ1v) is 6.40. The van der Waals surface area contributed by atoms with Crippen LogP contribution in [0.15, 0.2) is 18.5 Å². The Morgan fingerprint density at radius 2 is 2.18 bits per heavy atom. The van der Waals surface area contributed by atoms with E-state index in [1.54, 1.807) is 6.20 Å². The molecule has 0 aliphatic carbocycles. The number of anilines is 1. The van der Waals surface area contributed by atoms with Crippen molar-refractivity contribution in [2.24, 2.45) is 0 Å². The van der Waals surface area contributed by atoms with E-state index in [0.717, 1.165) is 24.2 Å². The van der Waals surface area contributed by atoms with Crippen molar-refractivity contribution >= 4 is 5.69 Å². The second-order valence-corrected chi connectivity index (χ2v) is 5.41. The predicted octanol–water partition coefficient (Wildman–Crippen LogP) is 2.72. The molecule has 3 heteroatoms. The van der Waals surface area contributed by atoms with E-state index in [4.69, 9.17) is 5.73 Å². The van der Waals surface area contributed by atoms with Crippen LogP contribution in [-0.4, -0.2) is 17.6 Å². The van der Waals surface area contributed by atoms with E-state index in [1.165, 1.54) is 6.42 Å². The van der Waals surface area contributed by atoms with Gasteiger partial charge >= 0.3 is 0 Å². The smallest absolute Gasteiger partial charge is 0.0383 e. The molecule has 0 radical (unpaired) electrons. The molecule has 17 heavy (non-hydrogen) atoms. The van der Waals surface area contributed by atoms with Gasteiger partial charge in [-0.1, -0.05) is 20.8 Å². The van der Waals surface area contributed by atoms with Crippen LogP contribution in [0, 0.1) is 0 Å². The Morgan fingerprint density at radius 1 is 1.47 bits per heavy atom. The molecule has 0 saturated carbocycles. The molecule has 1 aromatic heterocycles. The molecule has 1 atom stereocenters. The molecule has 96 valence electrons. The summed E-state index contributed by atoms with van der Waals surface area (Å²) >= 11 is 0. The van der Waals surface area contributed by atoms with Crippen molar-refractivity contribution in [2.75, 3.05) is 12.3 Å². The fourth-order valence-corrected chi connectivity index (χ4v) is 2.31. The van der Waals surface area contributed by atoms with Crippen molar-refractivity contribution in [3.8, 4) is 0 Å². The number of aromatic nitrogens is 1. The lowest BCUT2D eigenvalue weighted by Gasteiger charge is -2.29. The zero-order valence-corrected chi connectivity index (χ0v) is 11.5. The van der Waals surface area contributed by atoms with Gasteiger partial charge in [-0.15, -0.1) is 0 Å². The van der Waals surface area contributed by atoms with E-state index in [1.807, 2.05) is 12.3 Å². The van der Waals surface area contributed by atoms with Crippen LogP contribution in [0.2, 0.25) is 0 Å². The Balaban J connectivity index is 2.71. The lowest BCUT2D eigenvalue weighted by atomic mass is 9.79. The van der Waals surface area contributed by atoms with E-state index in [-0.39, 0.29) is 5.41 Å². The van der Waals surface area contributed by atoms with Gasteiger partial charge in [-0.2, -0.15) is 0 Å². The number of nitrogens with one attached hydrogen (secondary N) is 1. The third kappa shape index (κ3) is 4.00. The van der Waals surface area contributed by atoms with E-state index < -0.39 is 0 Å². The highest BCUT2D eigenvalue weighted by molar-refractivity contribution is 5.48. The Bertz CT molecular complexity index is 347. The number of nitrogen functional groups attached to an aromatic ring is 1. The van der Waals surface area contributed by atoms with Crippen LogP contribution < -0.4 is 11.1 Å². The highest BCUT2D eigenvalue weighted by atomic mass is 14.9. The van der Waals surface area contributed by atoms with Crippen molar-refractivity contribution in [1.82, 2.24) is 10.3 Å². The molecular weight excluding hydrogens is 210 g/mol. The van der Waals surface area contributed by atoms with Crippen molar-refractivity contribution in [3.05, 3.63) is 24.0 Å². The molecule has 3 nitrogen and oxygen atoms in total. The topological polar surface area (TPSA) is 50.9 Å². The maximum Gasteiger partial charge on any atom is 0.0383 e. The van der Waals surface area contributed by atoms with E-state index in [9.17, 15) is 0 Å². The quantitative estimate of drug-likeness (QED) is 0.797. The fraction of sp³-hybridized carbons (Fsp3) is 0.643. The molecule has 1 heterocycles. The van der Waals surface area contributed by atoms with Gasteiger partial charge in [-0.25, -0.2) is 0 Å². The maximum absolute atomic E-state index is 6.02. The van der Waals surface area contributed by atoms with Crippen LogP contribution in [0.1, 0.15) is 46.1 Å². The van der Waals surface area contributed by atoms with Gasteiger partial charge in [-0.05, 0) is 43.4 Å². The van der Waals surface area contributed by atoms with Crippen LogP contribution in [-0.2, 0) is 5.41 Å². The number of rotatable bonds is 6. The van der Waals surface area contributed by atoms with Crippen LogP contribution >= 0.6 is 0 Å². The third-order valence-electron chi connectivity index (χ3n) is 3.14. The van der Waals surface area contributed by atoms with Gasteiger partial charge in [0.25, 0.3) is 0 Å². The summed E-state index contributed by atoms with van der Waals surface area (Å²) in [7, 11) is 0. The molecule has 0 aromatic carbocycles. The Kier molecular flexibility index (Phi) is 4.94. The molecule has 0 amide bonds. The summed E-state index contributed by atoms with van der Waals surface area (Å²) in [5.74, 6) is 0. The fourth-order valence-electron chi connectivity index (χ4n) is 2.31. The minimum atomic E-state index is 0.0541. The molecule has 0 aliphatic heterocycles. The lowest BCUT2D eigenvalue weighted by Crippen LogP contribution is -2.34. The SMILES string of the molecule is CCCNC(C)CC(C)(C)c1cnccc1N. The van der Waals surface area contributed by atoms with Gasteiger partial charge in [0.2, 0.25) is 0 Å². The van der Waals surface area contributed by atoms with Gasteiger partial charge < -0.3 is 11.1 Å². The summed E-state index contributed by atoms with van der Waals surface area (Å²) in [6.45, 7) is 9.93. The van der Waals surface area contributed by atoms with Gasteiger partial charge in [0.1, 0.15) is 0 Å². The summed E-state index contributed by atoms with van der Waals surface area (Å²) in [5, 5.41) is 3.52. The van der Waals surface area contributed by atoms with Gasteiger partial charge in [-0.3, -0.25) is 4.98 Å². The third-order valence-corrected chi connectivity index (χ3v) is 3.14. The summed E-state index contributed by atoms with van der Waals surface area (Å²) in [6, 6.07) is 2.37. The predicted molar refractivity (Wildman–Crippen MR) is 74.0 cm³/mol. The second-order valence-electron chi connectivity index (χ2n) is 5.41. The van der Waals surface area contributed by atoms with Gasteiger partial charge in [0, 0.05) is 24.1 Å². The summed E-state index contributed by atoms with van der Waals surface area (Å²) in [5.41, 5.74) is 8.06. The largest absolute Gasteiger partial charge is 0.398 e. The monoisotopic (exact) mass is 235 g/mol. The first-order chi connectivity index (χ1) is 7.97. The number of nitrogens with zero attached hydrogens (tertiary/aromatic N) is 1. The molecule has 0 spiro atoms. The first kappa shape index (κ1) is 14.0. The highest BCUT2D eigenvalue weighted by Crippen LogP contribution is 2.31. The Hall–Kier alpha value is -1.09. The van der Waals surface area contributed by atoms with Gasteiger partial charge in [0.05, 0.1) is 0 Å². The molecular formula is C14H25N3. The molecule has 0 fully saturated rings. The molecule has 1 aromatic rings. The second kappa shape index (κ2) is 6.01. The van der Waals surface area contributed by atoms with Crippen molar-refractivity contribution < 1.29 is 0 Å². The van der Waals surface area contributed by atoms with Crippen LogP contribution in [0.3, 0.4) is 0 Å². The summed E-state index contributed by atoms with van der Waals surface area (Å²) < 4.78 is 0. The molecule has 0 bridgehead atoms. The van der Waals surface area contributed by atoms with Crippen molar-refractivity contribution in [3.63, 3.8) is 0 Å². The standard InChI is InChI=1S/C14H25N3/c1-5-7-17-11(2)9-14(3,4)12-10-16-8-6-13(12)15/h6,8,10-11,17H,5,7,9H2,1-4H3,(H2,15,16). The number of nitrogens with two attached hydrogens (primary N) is 1. The Morgan fingerprint density at radius 3 is 2.76 bits per heavy atom. The molecule has 1 rings (SSSR count). The molecule has 1 unspecified atom stereocenters. The lowest BCUT2D eigenvalue weighted by molar-refractivity contribution is 0.390. The minimum Gasteiger partial charge on any atom is -0.398 e. The molecule has 0 aliphatic rings. The van der Waals surface area contributed by atoms with Crippen LogP contribution in [0.25, 0.3) is 0 Å². The van der Waals surface area contributed by atoms with E-state index >= 15 is 0 Å². The minimum absolute atomic E-state index is 0.0541. The average Bonchev–Trinajstić information content (AvgIpc) is 2.26. The number of hydrogen-bond donors (Lipinski definition) is 2. The Labute approximate surface area is 105 Å². The highest BCUT2D eigenvalue weighted by Gasteiger charge is 2.25. The zero-order valence-electron chi connectivity index (χ0n) is 11.5. The number of hydrogen-bond acceptors (Lipinski definition) is 3. The van der Waals surface area contributed by atoms with Crippen molar-refractivity contribution in [2.45, 2.75) is 52.0 Å². The molecule has 3 N–H and O–H groups in total. The van der Waals surface area contributed by atoms with E-state index in [0.29, 0.717) is 6.04 Å². The van der Waals surface area contributed by atoms with Gasteiger partial charge in [0.15, 0.2) is 0 Å². The van der Waals surface area contributed by atoms with Crippen LogP contribution in [0.4, 0.5) is 5.69 Å². The first-order valence-electron chi connectivity index (χ1n) is 6.40. The average molecular weight is 235 g/mol. The molecule has 0 saturated heterocycles. The normalized spacial score (nSPS) is 13.6. The summed E-state index contributed by atoms with van der Waals surface area (Å²) in [6.07, 6.45) is 5.86. The zero-order chi connectivity index (χ0) is 12.9.